The van der Waals surface area contributed by atoms with Gasteiger partial charge in [-0.15, -0.1) is 0 Å². The minimum absolute atomic E-state index is 0.632. The Labute approximate surface area is 105 Å². The largest absolute Gasteiger partial charge is 0.368 e. The zero-order chi connectivity index (χ0) is 12.4. The maximum absolute atomic E-state index is 5.68. The Bertz CT molecular complexity index is 387. The molecule has 17 heavy (non-hydrogen) atoms. The Morgan fingerprint density at radius 3 is 2.71 bits per heavy atom. The van der Waals surface area contributed by atoms with E-state index < -0.39 is 0 Å². The van der Waals surface area contributed by atoms with Crippen LogP contribution in [0.25, 0.3) is 0 Å². The average molecular weight is 232 g/mol. The number of nitrogens with zero attached hydrogens (tertiary/aromatic N) is 1. The number of nitrogens with two attached hydrogens (primary N) is 1. The molecule has 2 unspecified atom stereocenters. The molecule has 1 heterocycles. The Morgan fingerprint density at radius 1 is 1.29 bits per heavy atom. The van der Waals surface area contributed by atoms with Gasteiger partial charge < -0.3 is 10.6 Å². The summed E-state index contributed by atoms with van der Waals surface area (Å²) in [5, 5.41) is 0. The van der Waals surface area contributed by atoms with Crippen molar-refractivity contribution in [2.75, 3.05) is 11.4 Å². The van der Waals surface area contributed by atoms with E-state index in [9.17, 15) is 0 Å². The van der Waals surface area contributed by atoms with Crippen LogP contribution in [0.5, 0.6) is 0 Å². The van der Waals surface area contributed by atoms with Gasteiger partial charge in [-0.25, -0.2) is 0 Å². The second-order valence-corrected chi connectivity index (χ2v) is 5.51. The van der Waals surface area contributed by atoms with Crippen molar-refractivity contribution in [2.45, 2.75) is 46.2 Å². The first-order valence-electron chi connectivity index (χ1n) is 6.68. The molecule has 1 aromatic carbocycles. The molecule has 0 amide bonds. The van der Waals surface area contributed by atoms with Crippen molar-refractivity contribution in [1.82, 2.24) is 0 Å². The van der Waals surface area contributed by atoms with E-state index in [0.717, 1.165) is 5.92 Å². The van der Waals surface area contributed by atoms with Gasteiger partial charge in [-0.05, 0) is 49.8 Å². The smallest absolute Gasteiger partial charge is 0.0398 e. The molecule has 2 heteroatoms. The van der Waals surface area contributed by atoms with E-state index in [1.54, 1.807) is 0 Å². The number of anilines is 1. The highest BCUT2D eigenvalue weighted by Crippen LogP contribution is 2.30. The third-order valence-electron chi connectivity index (χ3n) is 3.92. The van der Waals surface area contributed by atoms with Crippen molar-refractivity contribution in [2.24, 2.45) is 11.7 Å². The first-order valence-corrected chi connectivity index (χ1v) is 6.68. The monoisotopic (exact) mass is 232 g/mol. The molecule has 1 saturated heterocycles. The lowest BCUT2D eigenvalue weighted by molar-refractivity contribution is 0.390. The molecule has 0 aliphatic carbocycles. The zero-order valence-corrected chi connectivity index (χ0v) is 11.2. The Hall–Kier alpha value is -1.02. The maximum Gasteiger partial charge on any atom is 0.0398 e. The van der Waals surface area contributed by atoms with Crippen molar-refractivity contribution < 1.29 is 0 Å². The lowest BCUT2D eigenvalue weighted by Crippen LogP contribution is -2.41. The third-order valence-corrected chi connectivity index (χ3v) is 3.92. The van der Waals surface area contributed by atoms with Crippen LogP contribution in [0, 0.1) is 12.8 Å². The number of piperidine rings is 1. The second kappa shape index (κ2) is 5.09. The van der Waals surface area contributed by atoms with E-state index in [0.29, 0.717) is 12.6 Å². The Morgan fingerprint density at radius 2 is 2.06 bits per heavy atom. The molecule has 1 aromatic rings. The summed E-state index contributed by atoms with van der Waals surface area (Å²) >= 11 is 0. The quantitative estimate of drug-likeness (QED) is 0.849. The topological polar surface area (TPSA) is 29.3 Å². The van der Waals surface area contributed by atoms with Crippen molar-refractivity contribution >= 4 is 5.69 Å². The molecule has 0 spiro atoms. The van der Waals surface area contributed by atoms with Gasteiger partial charge in [0.05, 0.1) is 0 Å². The highest BCUT2D eigenvalue weighted by atomic mass is 15.2. The third kappa shape index (κ3) is 2.63. The maximum atomic E-state index is 5.68. The van der Waals surface area contributed by atoms with E-state index in [1.165, 1.54) is 36.2 Å². The van der Waals surface area contributed by atoms with Gasteiger partial charge in [-0.2, -0.15) is 0 Å². The van der Waals surface area contributed by atoms with Crippen molar-refractivity contribution in [1.29, 1.82) is 0 Å². The summed E-state index contributed by atoms with van der Waals surface area (Å²) in [7, 11) is 0. The van der Waals surface area contributed by atoms with E-state index in [1.807, 2.05) is 0 Å². The summed E-state index contributed by atoms with van der Waals surface area (Å²) in [4.78, 5) is 2.56. The highest BCUT2D eigenvalue weighted by Gasteiger charge is 2.23. The van der Waals surface area contributed by atoms with Gasteiger partial charge in [-0.1, -0.05) is 19.1 Å². The van der Waals surface area contributed by atoms with E-state index >= 15 is 0 Å². The predicted molar refractivity (Wildman–Crippen MR) is 74.3 cm³/mol. The number of hydrogen-bond donors (Lipinski definition) is 1. The van der Waals surface area contributed by atoms with Gasteiger partial charge in [0.1, 0.15) is 0 Å². The van der Waals surface area contributed by atoms with E-state index in [4.69, 9.17) is 5.73 Å². The van der Waals surface area contributed by atoms with Crippen LogP contribution >= 0.6 is 0 Å². The van der Waals surface area contributed by atoms with Gasteiger partial charge >= 0.3 is 0 Å². The van der Waals surface area contributed by atoms with Crippen molar-refractivity contribution in [3.05, 3.63) is 29.3 Å². The van der Waals surface area contributed by atoms with Crippen molar-refractivity contribution in [3.8, 4) is 0 Å². The lowest BCUT2D eigenvalue weighted by Gasteiger charge is -2.39. The molecule has 2 N–H and O–H groups in total. The van der Waals surface area contributed by atoms with Gasteiger partial charge in [0, 0.05) is 24.8 Å². The lowest BCUT2D eigenvalue weighted by atomic mass is 9.93. The summed E-state index contributed by atoms with van der Waals surface area (Å²) in [6, 6.07) is 7.29. The van der Waals surface area contributed by atoms with Crippen LogP contribution < -0.4 is 10.6 Å². The molecule has 2 atom stereocenters. The molecule has 1 aliphatic rings. The summed E-state index contributed by atoms with van der Waals surface area (Å²) in [6.07, 6.45) is 2.66. The van der Waals surface area contributed by atoms with E-state index in [-0.39, 0.29) is 0 Å². The van der Waals surface area contributed by atoms with Crippen molar-refractivity contribution in [3.63, 3.8) is 0 Å². The molecule has 0 saturated carbocycles. The summed E-state index contributed by atoms with van der Waals surface area (Å²) in [6.45, 7) is 8.70. The van der Waals surface area contributed by atoms with Crippen LogP contribution in [-0.4, -0.2) is 12.6 Å². The van der Waals surface area contributed by atoms with Crippen LogP contribution in [-0.2, 0) is 6.54 Å². The minimum Gasteiger partial charge on any atom is -0.368 e. The van der Waals surface area contributed by atoms with Gasteiger partial charge in [-0.3, -0.25) is 0 Å². The predicted octanol–water partition coefficient (Wildman–Crippen LogP) is 3.08. The second-order valence-electron chi connectivity index (χ2n) is 5.51. The van der Waals surface area contributed by atoms with Crippen LogP contribution in [0.4, 0.5) is 5.69 Å². The Balaban J connectivity index is 2.26. The van der Waals surface area contributed by atoms with Crippen LogP contribution in [0.15, 0.2) is 18.2 Å². The zero-order valence-electron chi connectivity index (χ0n) is 11.2. The summed E-state index contributed by atoms with van der Waals surface area (Å²) < 4.78 is 0. The van der Waals surface area contributed by atoms with E-state index in [2.05, 4.69) is 43.9 Å². The molecular formula is C15H24N2. The van der Waals surface area contributed by atoms with Crippen LogP contribution in [0.2, 0.25) is 0 Å². The van der Waals surface area contributed by atoms with Gasteiger partial charge in [0.25, 0.3) is 0 Å². The fourth-order valence-electron chi connectivity index (χ4n) is 2.79. The van der Waals surface area contributed by atoms with Crippen LogP contribution in [0.3, 0.4) is 0 Å². The number of hydrogen-bond acceptors (Lipinski definition) is 2. The Kier molecular flexibility index (Phi) is 3.72. The van der Waals surface area contributed by atoms with Gasteiger partial charge in [0.15, 0.2) is 0 Å². The molecule has 1 aliphatic heterocycles. The average Bonchev–Trinajstić information content (AvgIpc) is 2.32. The highest BCUT2D eigenvalue weighted by molar-refractivity contribution is 5.55. The minimum atomic E-state index is 0.632. The molecule has 1 fully saturated rings. The molecule has 0 bridgehead atoms. The SMILES string of the molecule is Cc1cc(CN)ccc1N1CC(C)CCC1C. The fraction of sp³-hybridized carbons (Fsp3) is 0.600. The normalized spacial score (nSPS) is 25.1. The molecule has 0 radical (unpaired) electrons. The molecular weight excluding hydrogens is 208 g/mol. The van der Waals surface area contributed by atoms with Gasteiger partial charge in [0.2, 0.25) is 0 Å². The summed E-state index contributed by atoms with van der Waals surface area (Å²) in [5.74, 6) is 0.805. The first kappa shape index (κ1) is 12.4. The molecule has 2 rings (SSSR count). The molecule has 2 nitrogen and oxygen atoms in total. The number of benzene rings is 1. The summed E-state index contributed by atoms with van der Waals surface area (Å²) in [5.41, 5.74) is 9.65. The first-order chi connectivity index (χ1) is 8.11. The molecule has 94 valence electrons. The van der Waals surface area contributed by atoms with Crippen LogP contribution in [0.1, 0.15) is 37.8 Å². The molecule has 0 aromatic heterocycles. The fourth-order valence-corrected chi connectivity index (χ4v) is 2.79. The standard InChI is InChI=1S/C15H24N2/c1-11-4-5-13(3)17(10-11)15-7-6-14(9-16)8-12(15)2/h6-8,11,13H,4-5,9-10,16H2,1-3H3. The number of rotatable bonds is 2. The number of aryl methyl sites for hydroxylation is 1.